The van der Waals surface area contributed by atoms with Gasteiger partial charge in [0.1, 0.15) is 17.5 Å². The maximum atomic E-state index is 7.01. The topological polar surface area (TPSA) is 38.7 Å². The molecule has 0 fully saturated rings. The molecule has 0 aliphatic carbocycles. The second-order valence-corrected chi connectivity index (χ2v) is 1.58. The molecule has 0 saturated carbocycles. The minimum atomic E-state index is -0.0253. The van der Waals surface area contributed by atoms with Gasteiger partial charge < -0.3 is 0 Å². The van der Waals surface area contributed by atoms with Crippen molar-refractivity contribution >= 4 is 0 Å². The van der Waals surface area contributed by atoms with Crippen LogP contribution in [0.1, 0.15) is 21.6 Å². The fraction of sp³-hybridized carbons (Fsp3) is 0.500. The summed E-state index contributed by atoms with van der Waals surface area (Å²) in [6.07, 6.45) is 0. The molecule has 1 aromatic rings. The van der Waals surface area contributed by atoms with E-state index >= 15 is 0 Å². The molecule has 0 radical (unpaired) electrons. The number of hydrogen-bond donors (Lipinski definition) is 0. The molecule has 0 aromatic carbocycles. The number of hydrogen-bond acceptors (Lipinski definition) is 3. The molecule has 48 valence electrons. The monoisotopic (exact) mass is 126 g/mol. The number of aryl methyl sites for hydroxylation is 3. The Morgan fingerprint density at radius 1 is 0.889 bits per heavy atom. The Bertz CT molecular complexity index is 211. The standard InChI is InChI=1S/C6H9N3/c1-4-7-5(2)9-6(3)8-4/h1-3H3/i1D,2D,3D. The van der Waals surface area contributed by atoms with Gasteiger partial charge in [-0.15, -0.1) is 0 Å². The van der Waals surface area contributed by atoms with Crippen molar-refractivity contribution in [1.29, 1.82) is 0 Å². The van der Waals surface area contributed by atoms with Crippen molar-refractivity contribution < 1.29 is 4.11 Å². The lowest BCUT2D eigenvalue weighted by atomic mass is 10.6. The van der Waals surface area contributed by atoms with Crippen LogP contribution in [0.4, 0.5) is 0 Å². The first-order chi connectivity index (χ1) is 5.80. The quantitative estimate of drug-likeness (QED) is 0.516. The van der Waals surface area contributed by atoms with Gasteiger partial charge in [0, 0.05) is 4.11 Å². The summed E-state index contributed by atoms with van der Waals surface area (Å²) in [5.41, 5.74) is 0. The van der Waals surface area contributed by atoms with Crippen molar-refractivity contribution in [3.8, 4) is 0 Å². The molecule has 0 amide bonds. The van der Waals surface area contributed by atoms with Crippen molar-refractivity contribution in [3.05, 3.63) is 17.5 Å². The van der Waals surface area contributed by atoms with Crippen LogP contribution in [0.3, 0.4) is 0 Å². The maximum Gasteiger partial charge on any atom is 0.129 e. The summed E-state index contributed by atoms with van der Waals surface area (Å²) in [4.78, 5) is 11.5. The SMILES string of the molecule is [2H]Cc1nc(C[2H])nc(C[2H])n1. The second kappa shape index (κ2) is 2.09. The lowest BCUT2D eigenvalue weighted by Crippen LogP contribution is -1.97. The molecule has 3 heteroatoms. The second-order valence-electron chi connectivity index (χ2n) is 1.58. The van der Waals surface area contributed by atoms with Gasteiger partial charge in [-0.25, -0.2) is 15.0 Å². The van der Waals surface area contributed by atoms with Gasteiger partial charge in [0.25, 0.3) is 0 Å². The zero-order chi connectivity index (χ0) is 8.97. The van der Waals surface area contributed by atoms with Gasteiger partial charge in [0.05, 0.1) is 0 Å². The molecule has 1 heterocycles. The summed E-state index contributed by atoms with van der Waals surface area (Å²) in [5, 5.41) is 0. The van der Waals surface area contributed by atoms with E-state index in [0.717, 1.165) is 0 Å². The third-order valence-corrected chi connectivity index (χ3v) is 0.774. The van der Waals surface area contributed by atoms with E-state index in [1.165, 1.54) is 0 Å². The molecule has 1 aromatic heterocycles. The average Bonchev–Trinajstić information content (AvgIpc) is 2.16. The lowest BCUT2D eigenvalue weighted by molar-refractivity contribution is 0.875. The molecule has 3 nitrogen and oxygen atoms in total. The summed E-state index contributed by atoms with van der Waals surface area (Å²) in [6.45, 7) is -0.0758. The first-order valence-corrected chi connectivity index (χ1v) is 2.40. The van der Waals surface area contributed by atoms with Crippen LogP contribution in [-0.4, -0.2) is 15.0 Å². The normalized spacial score (nSPS) is 14.0. The Balaban J connectivity index is 3.01. The van der Waals surface area contributed by atoms with E-state index in [2.05, 4.69) is 15.0 Å². The van der Waals surface area contributed by atoms with Crippen LogP contribution in [0.2, 0.25) is 0 Å². The van der Waals surface area contributed by atoms with Crippen LogP contribution in [0.5, 0.6) is 0 Å². The van der Waals surface area contributed by atoms with Gasteiger partial charge >= 0.3 is 0 Å². The predicted molar refractivity (Wildman–Crippen MR) is 34.0 cm³/mol. The zero-order valence-electron chi connectivity index (χ0n) is 7.96. The summed E-state index contributed by atoms with van der Waals surface area (Å²) in [7, 11) is 0. The highest BCUT2D eigenvalue weighted by atomic mass is 15.0. The molecule has 0 aliphatic rings. The first-order valence-electron chi connectivity index (χ1n) is 4.52. The van der Waals surface area contributed by atoms with Crippen molar-refractivity contribution in [2.24, 2.45) is 0 Å². The van der Waals surface area contributed by atoms with Crippen LogP contribution < -0.4 is 0 Å². The van der Waals surface area contributed by atoms with Crippen LogP contribution in [0.15, 0.2) is 0 Å². The van der Waals surface area contributed by atoms with E-state index in [1.807, 2.05) is 0 Å². The molecule has 0 bridgehead atoms. The molecule has 0 unspecified atom stereocenters. The Kier molecular flexibility index (Phi) is 0.754. The highest BCUT2D eigenvalue weighted by Gasteiger charge is 1.91. The first kappa shape index (κ1) is 3.25. The van der Waals surface area contributed by atoms with Gasteiger partial charge in [-0.3, -0.25) is 0 Å². The highest BCUT2D eigenvalue weighted by Crippen LogP contribution is 1.90. The van der Waals surface area contributed by atoms with E-state index in [0.29, 0.717) is 17.5 Å². The number of aromatic nitrogens is 3. The van der Waals surface area contributed by atoms with E-state index in [9.17, 15) is 0 Å². The Morgan fingerprint density at radius 3 is 1.44 bits per heavy atom. The summed E-state index contributed by atoms with van der Waals surface area (Å²) in [5.74, 6) is 1.03. The molecule has 0 aliphatic heterocycles. The summed E-state index contributed by atoms with van der Waals surface area (Å²) < 4.78 is 21.0. The smallest absolute Gasteiger partial charge is 0.129 e. The minimum absolute atomic E-state index is 0.0253. The predicted octanol–water partition coefficient (Wildman–Crippen LogP) is 0.797. The van der Waals surface area contributed by atoms with Crippen LogP contribution in [-0.2, 0) is 0 Å². The van der Waals surface area contributed by atoms with Gasteiger partial charge in [-0.1, -0.05) is 0 Å². The Hall–Kier alpha value is -0.990. The number of rotatable bonds is 0. The fourth-order valence-electron chi connectivity index (χ4n) is 0.522. The molecular weight excluding hydrogens is 114 g/mol. The van der Waals surface area contributed by atoms with Crippen LogP contribution in [0.25, 0.3) is 0 Å². The van der Waals surface area contributed by atoms with Gasteiger partial charge in [-0.2, -0.15) is 0 Å². The molecular formula is C6H9N3. The van der Waals surface area contributed by atoms with Crippen molar-refractivity contribution in [2.75, 3.05) is 0 Å². The Morgan fingerprint density at radius 2 is 1.22 bits per heavy atom. The molecule has 0 spiro atoms. The number of nitrogens with zero attached hydrogens (tertiary/aromatic N) is 3. The Labute approximate surface area is 58.4 Å². The third kappa shape index (κ3) is 1.45. The van der Waals surface area contributed by atoms with Crippen molar-refractivity contribution in [3.63, 3.8) is 0 Å². The van der Waals surface area contributed by atoms with E-state index in [-0.39, 0.29) is 20.7 Å². The zero-order valence-corrected chi connectivity index (χ0v) is 4.96. The molecule has 1 rings (SSSR count). The molecule has 0 N–H and O–H groups in total. The average molecular weight is 126 g/mol. The summed E-state index contributed by atoms with van der Waals surface area (Å²) in [6, 6.07) is 0. The fourth-order valence-corrected chi connectivity index (χ4v) is 0.522. The van der Waals surface area contributed by atoms with E-state index < -0.39 is 0 Å². The minimum Gasteiger partial charge on any atom is -0.219 e. The van der Waals surface area contributed by atoms with E-state index in [1.54, 1.807) is 0 Å². The van der Waals surface area contributed by atoms with Gasteiger partial charge in [0.15, 0.2) is 0 Å². The van der Waals surface area contributed by atoms with Gasteiger partial charge in [-0.05, 0) is 20.7 Å². The van der Waals surface area contributed by atoms with Crippen LogP contribution in [0, 0.1) is 20.7 Å². The van der Waals surface area contributed by atoms with Crippen molar-refractivity contribution in [1.82, 2.24) is 15.0 Å². The van der Waals surface area contributed by atoms with Gasteiger partial charge in [0.2, 0.25) is 0 Å². The van der Waals surface area contributed by atoms with E-state index in [4.69, 9.17) is 4.11 Å². The third-order valence-electron chi connectivity index (χ3n) is 0.774. The largest absolute Gasteiger partial charge is 0.219 e. The molecule has 9 heavy (non-hydrogen) atoms. The van der Waals surface area contributed by atoms with Crippen molar-refractivity contribution in [2.45, 2.75) is 20.7 Å². The highest BCUT2D eigenvalue weighted by molar-refractivity contribution is 4.91. The maximum absolute atomic E-state index is 7.01. The summed E-state index contributed by atoms with van der Waals surface area (Å²) >= 11 is 0. The van der Waals surface area contributed by atoms with Crippen LogP contribution >= 0.6 is 0 Å². The molecule has 0 saturated heterocycles. The molecule has 0 atom stereocenters. The lowest BCUT2D eigenvalue weighted by Gasteiger charge is -1.94.